The van der Waals surface area contributed by atoms with Crippen molar-refractivity contribution in [1.82, 2.24) is 9.88 Å². The van der Waals surface area contributed by atoms with Crippen LogP contribution in [0.15, 0.2) is 5.38 Å². The Labute approximate surface area is 141 Å². The number of amides is 1. The number of nitrogens with one attached hydrogen (secondary N) is 1. The molecule has 0 bridgehead atoms. The second kappa shape index (κ2) is 6.84. The summed E-state index contributed by atoms with van der Waals surface area (Å²) in [4.78, 5) is 19.2. The average Bonchev–Trinajstić information content (AvgIpc) is 3.08. The standard InChI is InChI=1S/C16H26N4O2S/c1-11-7-20(8-12(2)22-11)9-13-10-23-15(18-13)19-14(21)16(17)5-3-4-6-16/h10-12H,3-9,17H2,1-2H3,(H,18,19,21). The Bertz CT molecular complexity index is 546. The van der Waals surface area contributed by atoms with Gasteiger partial charge in [-0.15, -0.1) is 11.3 Å². The predicted molar refractivity (Wildman–Crippen MR) is 91.4 cm³/mol. The van der Waals surface area contributed by atoms with E-state index in [1.54, 1.807) is 0 Å². The molecule has 2 aliphatic rings. The fraction of sp³-hybridized carbons (Fsp3) is 0.750. The highest BCUT2D eigenvalue weighted by Crippen LogP contribution is 2.29. The molecule has 2 heterocycles. The van der Waals surface area contributed by atoms with Gasteiger partial charge in [-0.25, -0.2) is 4.98 Å². The van der Waals surface area contributed by atoms with E-state index in [1.807, 2.05) is 5.38 Å². The first-order valence-corrected chi connectivity index (χ1v) is 9.25. The molecule has 128 valence electrons. The highest BCUT2D eigenvalue weighted by Gasteiger charge is 2.37. The third-order valence-corrected chi connectivity index (χ3v) is 5.41. The van der Waals surface area contributed by atoms with Crippen molar-refractivity contribution in [2.75, 3.05) is 18.4 Å². The molecule has 3 rings (SSSR count). The van der Waals surface area contributed by atoms with Gasteiger partial charge in [0.25, 0.3) is 0 Å². The van der Waals surface area contributed by atoms with Crippen LogP contribution >= 0.6 is 11.3 Å². The van der Waals surface area contributed by atoms with Crippen molar-refractivity contribution >= 4 is 22.4 Å². The van der Waals surface area contributed by atoms with E-state index in [0.29, 0.717) is 5.13 Å². The first-order chi connectivity index (χ1) is 10.9. The number of hydrogen-bond donors (Lipinski definition) is 2. The van der Waals surface area contributed by atoms with Crippen LogP contribution in [-0.4, -0.2) is 46.6 Å². The van der Waals surface area contributed by atoms with Crippen molar-refractivity contribution in [3.05, 3.63) is 11.1 Å². The Kier molecular flexibility index (Phi) is 5.01. The minimum Gasteiger partial charge on any atom is -0.373 e. The molecule has 0 spiro atoms. The summed E-state index contributed by atoms with van der Waals surface area (Å²) in [6.07, 6.45) is 4.08. The summed E-state index contributed by atoms with van der Waals surface area (Å²) >= 11 is 1.47. The van der Waals surface area contributed by atoms with Gasteiger partial charge >= 0.3 is 0 Å². The van der Waals surface area contributed by atoms with E-state index in [9.17, 15) is 4.79 Å². The third-order valence-electron chi connectivity index (χ3n) is 4.60. The molecule has 1 amide bonds. The summed E-state index contributed by atoms with van der Waals surface area (Å²) in [6.45, 7) is 6.80. The first kappa shape index (κ1) is 16.8. The van der Waals surface area contributed by atoms with Gasteiger partial charge in [0.2, 0.25) is 5.91 Å². The van der Waals surface area contributed by atoms with E-state index in [1.165, 1.54) is 11.3 Å². The van der Waals surface area contributed by atoms with E-state index < -0.39 is 5.54 Å². The van der Waals surface area contributed by atoms with Gasteiger partial charge in [0.1, 0.15) is 0 Å². The van der Waals surface area contributed by atoms with Crippen LogP contribution in [0.25, 0.3) is 0 Å². The number of nitrogens with zero attached hydrogens (tertiary/aromatic N) is 2. The lowest BCUT2D eigenvalue weighted by Crippen LogP contribution is -2.48. The average molecular weight is 338 g/mol. The van der Waals surface area contributed by atoms with Crippen LogP contribution in [0.1, 0.15) is 45.2 Å². The van der Waals surface area contributed by atoms with Crippen molar-refractivity contribution < 1.29 is 9.53 Å². The van der Waals surface area contributed by atoms with Crippen LogP contribution in [0.3, 0.4) is 0 Å². The third kappa shape index (κ3) is 4.09. The van der Waals surface area contributed by atoms with Gasteiger partial charge < -0.3 is 15.8 Å². The number of hydrogen-bond acceptors (Lipinski definition) is 6. The number of thiazole rings is 1. The van der Waals surface area contributed by atoms with E-state index in [0.717, 1.165) is 51.0 Å². The number of anilines is 1. The van der Waals surface area contributed by atoms with Gasteiger partial charge in [-0.05, 0) is 26.7 Å². The van der Waals surface area contributed by atoms with E-state index in [4.69, 9.17) is 10.5 Å². The Balaban J connectivity index is 1.56. The van der Waals surface area contributed by atoms with Crippen LogP contribution in [0.4, 0.5) is 5.13 Å². The monoisotopic (exact) mass is 338 g/mol. The SMILES string of the molecule is CC1CN(Cc2csc(NC(=O)C3(N)CCCC3)n2)CC(C)O1. The highest BCUT2D eigenvalue weighted by atomic mass is 32.1. The number of carbonyl (C=O) groups is 1. The summed E-state index contributed by atoms with van der Waals surface area (Å²) in [5.74, 6) is -0.0930. The zero-order valence-electron chi connectivity index (χ0n) is 13.9. The van der Waals surface area contributed by atoms with E-state index in [2.05, 4.69) is 29.0 Å². The largest absolute Gasteiger partial charge is 0.373 e. The summed E-state index contributed by atoms with van der Waals surface area (Å²) in [5.41, 5.74) is 6.46. The number of carbonyl (C=O) groups excluding carboxylic acids is 1. The van der Waals surface area contributed by atoms with Gasteiger partial charge in [-0.1, -0.05) is 12.8 Å². The normalized spacial score (nSPS) is 28.0. The van der Waals surface area contributed by atoms with E-state index in [-0.39, 0.29) is 18.1 Å². The molecule has 1 aromatic rings. The molecule has 2 unspecified atom stereocenters. The molecule has 6 nitrogen and oxygen atoms in total. The molecule has 1 aliphatic heterocycles. The summed E-state index contributed by atoms with van der Waals surface area (Å²) in [7, 11) is 0. The van der Waals surface area contributed by atoms with E-state index >= 15 is 0 Å². The number of morpholine rings is 1. The Hall–Kier alpha value is -1.02. The van der Waals surface area contributed by atoms with Crippen molar-refractivity contribution in [2.24, 2.45) is 5.73 Å². The topological polar surface area (TPSA) is 80.5 Å². The Morgan fingerprint density at radius 3 is 2.74 bits per heavy atom. The summed E-state index contributed by atoms with van der Waals surface area (Å²) in [5, 5.41) is 5.56. The molecular formula is C16H26N4O2S. The number of rotatable bonds is 4. The molecule has 1 aliphatic carbocycles. The maximum atomic E-state index is 12.3. The van der Waals surface area contributed by atoms with Crippen LogP contribution in [-0.2, 0) is 16.1 Å². The van der Waals surface area contributed by atoms with Crippen LogP contribution in [0.2, 0.25) is 0 Å². The quantitative estimate of drug-likeness (QED) is 0.877. The molecule has 0 radical (unpaired) electrons. The molecular weight excluding hydrogens is 312 g/mol. The second-order valence-corrected chi connectivity index (χ2v) is 7.77. The number of nitrogens with two attached hydrogens (primary N) is 1. The molecule has 1 saturated carbocycles. The van der Waals surface area contributed by atoms with Crippen molar-refractivity contribution in [1.29, 1.82) is 0 Å². The van der Waals surface area contributed by atoms with Crippen molar-refractivity contribution in [3.8, 4) is 0 Å². The number of aromatic nitrogens is 1. The maximum Gasteiger partial charge on any atom is 0.246 e. The molecule has 1 aromatic heterocycles. The first-order valence-electron chi connectivity index (χ1n) is 8.37. The Morgan fingerprint density at radius 2 is 2.09 bits per heavy atom. The second-order valence-electron chi connectivity index (χ2n) is 6.91. The van der Waals surface area contributed by atoms with Gasteiger partial charge in [0.15, 0.2) is 5.13 Å². The fourth-order valence-electron chi connectivity index (χ4n) is 3.53. The molecule has 2 atom stereocenters. The van der Waals surface area contributed by atoms with Gasteiger partial charge in [0.05, 0.1) is 23.4 Å². The lowest BCUT2D eigenvalue weighted by atomic mass is 9.98. The highest BCUT2D eigenvalue weighted by molar-refractivity contribution is 7.13. The molecule has 7 heteroatoms. The molecule has 3 N–H and O–H groups in total. The molecule has 2 fully saturated rings. The van der Waals surface area contributed by atoms with Crippen LogP contribution in [0.5, 0.6) is 0 Å². The zero-order chi connectivity index (χ0) is 16.4. The van der Waals surface area contributed by atoms with Gasteiger partial charge in [-0.3, -0.25) is 9.69 Å². The van der Waals surface area contributed by atoms with Crippen molar-refractivity contribution in [2.45, 2.75) is 63.8 Å². The lowest BCUT2D eigenvalue weighted by molar-refractivity contribution is -0.121. The van der Waals surface area contributed by atoms with Crippen molar-refractivity contribution in [3.63, 3.8) is 0 Å². The minimum atomic E-state index is -0.707. The molecule has 1 saturated heterocycles. The maximum absolute atomic E-state index is 12.3. The van der Waals surface area contributed by atoms with Crippen LogP contribution < -0.4 is 11.1 Å². The summed E-state index contributed by atoms with van der Waals surface area (Å²) < 4.78 is 5.75. The summed E-state index contributed by atoms with van der Waals surface area (Å²) in [6, 6.07) is 0. The van der Waals surface area contributed by atoms with Crippen LogP contribution in [0, 0.1) is 0 Å². The molecule has 0 aromatic carbocycles. The predicted octanol–water partition coefficient (Wildman–Crippen LogP) is 1.96. The van der Waals surface area contributed by atoms with Gasteiger partial charge in [0, 0.05) is 25.0 Å². The zero-order valence-corrected chi connectivity index (χ0v) is 14.7. The van der Waals surface area contributed by atoms with Gasteiger partial charge in [-0.2, -0.15) is 0 Å². The lowest BCUT2D eigenvalue weighted by Gasteiger charge is -2.34. The fourth-order valence-corrected chi connectivity index (χ4v) is 4.23. The Morgan fingerprint density at radius 1 is 1.43 bits per heavy atom. The minimum absolute atomic E-state index is 0.0930. The number of ether oxygens (including phenoxy) is 1. The molecule has 23 heavy (non-hydrogen) atoms. The smallest absolute Gasteiger partial charge is 0.246 e.